The third-order valence-corrected chi connectivity index (χ3v) is 4.38. The van der Waals surface area contributed by atoms with Crippen LogP contribution in [0.2, 0.25) is 0 Å². The summed E-state index contributed by atoms with van der Waals surface area (Å²) in [6, 6.07) is 16.5. The van der Waals surface area contributed by atoms with Crippen LogP contribution in [-0.2, 0) is 6.54 Å². The van der Waals surface area contributed by atoms with E-state index in [4.69, 9.17) is 12.2 Å². The Bertz CT molecular complexity index is 882. The minimum Gasteiger partial charge on any atom is -0.682 e. The third-order valence-electron chi connectivity index (χ3n) is 4.18. The second-order valence-electron chi connectivity index (χ2n) is 6.01. The molecule has 3 N–H and O–H groups in total. The molecule has 3 rings (SSSR count). The highest BCUT2D eigenvalue weighted by molar-refractivity contribution is 7.71. The molecule has 5 nitrogen and oxygen atoms in total. The van der Waals surface area contributed by atoms with E-state index >= 15 is 0 Å². The molecule has 0 atom stereocenters. The predicted octanol–water partition coefficient (Wildman–Crippen LogP) is 4.14. The summed E-state index contributed by atoms with van der Waals surface area (Å²) in [5.41, 5.74) is 4.77. The SMILES string of the molecule is Cc1cccc([N-]CCNc2[nH]c(=S)[nH][n+]2Cc2ccccc2)c1C. The number of hydrogen-bond acceptors (Lipinski definition) is 2. The van der Waals surface area contributed by atoms with Gasteiger partial charge in [-0.15, -0.1) is 5.69 Å². The number of nitrogens with one attached hydrogen (secondary N) is 3. The summed E-state index contributed by atoms with van der Waals surface area (Å²) < 4.78 is 2.58. The number of benzene rings is 2. The summed E-state index contributed by atoms with van der Waals surface area (Å²) in [5, 5.41) is 11.2. The van der Waals surface area contributed by atoms with Crippen LogP contribution in [0, 0.1) is 18.6 Å². The summed E-state index contributed by atoms with van der Waals surface area (Å²) in [7, 11) is 0. The molecule has 0 spiro atoms. The maximum absolute atomic E-state index is 5.23. The lowest BCUT2D eigenvalue weighted by molar-refractivity contribution is -0.730. The zero-order valence-electron chi connectivity index (χ0n) is 14.5. The van der Waals surface area contributed by atoms with E-state index in [9.17, 15) is 0 Å². The zero-order valence-corrected chi connectivity index (χ0v) is 15.4. The van der Waals surface area contributed by atoms with E-state index in [-0.39, 0.29) is 0 Å². The largest absolute Gasteiger partial charge is 0.682 e. The van der Waals surface area contributed by atoms with Gasteiger partial charge in [-0.3, -0.25) is 5.32 Å². The average molecular weight is 353 g/mol. The highest BCUT2D eigenvalue weighted by atomic mass is 32.1. The van der Waals surface area contributed by atoms with Crippen LogP contribution in [0.5, 0.6) is 0 Å². The number of anilines is 1. The number of hydrogen-bond donors (Lipinski definition) is 3. The Kier molecular flexibility index (Phi) is 5.50. The van der Waals surface area contributed by atoms with Crippen LogP contribution in [0.15, 0.2) is 48.5 Å². The average Bonchev–Trinajstić information content (AvgIpc) is 2.95. The molecule has 0 fully saturated rings. The first kappa shape index (κ1) is 17.2. The standard InChI is InChI=1S/C19H22N5S/c1-14-7-6-10-17(15(14)2)20-11-12-21-18-22-19(25)23-24(18)13-16-8-4-3-5-9-16/h3-10H,11-13H2,1-2H3,(H2,21,22,23,25)/q-1/p+1. The van der Waals surface area contributed by atoms with E-state index in [1.165, 1.54) is 16.7 Å². The monoisotopic (exact) mass is 353 g/mol. The Hall–Kier alpha value is -2.60. The lowest BCUT2D eigenvalue weighted by Crippen LogP contribution is -2.39. The lowest BCUT2D eigenvalue weighted by atomic mass is 10.1. The van der Waals surface area contributed by atoms with Gasteiger partial charge in [0.2, 0.25) is 0 Å². The highest BCUT2D eigenvalue weighted by Gasteiger charge is 2.11. The minimum absolute atomic E-state index is 0.602. The third kappa shape index (κ3) is 4.48. The predicted molar refractivity (Wildman–Crippen MR) is 104 cm³/mol. The molecule has 0 aliphatic rings. The van der Waals surface area contributed by atoms with Gasteiger partial charge in [0, 0.05) is 6.54 Å². The Labute approximate surface area is 153 Å². The van der Waals surface area contributed by atoms with Gasteiger partial charge >= 0.3 is 5.95 Å². The van der Waals surface area contributed by atoms with E-state index in [1.54, 1.807) is 0 Å². The molecule has 0 saturated carbocycles. The van der Waals surface area contributed by atoms with Crippen molar-refractivity contribution in [3.63, 3.8) is 0 Å². The first-order chi connectivity index (χ1) is 12.1. The Morgan fingerprint density at radius 1 is 1.08 bits per heavy atom. The molecular formula is C19H23N5S. The molecule has 0 saturated heterocycles. The summed E-state index contributed by atoms with van der Waals surface area (Å²) in [6.07, 6.45) is 0. The maximum Gasteiger partial charge on any atom is 0.375 e. The quantitative estimate of drug-likeness (QED) is 0.340. The van der Waals surface area contributed by atoms with Crippen molar-refractivity contribution in [2.45, 2.75) is 20.4 Å². The van der Waals surface area contributed by atoms with E-state index in [0.717, 1.165) is 24.7 Å². The molecule has 0 radical (unpaired) electrons. The fraction of sp³-hybridized carbons (Fsp3) is 0.263. The zero-order chi connectivity index (χ0) is 17.6. The molecule has 3 aromatic rings. The second-order valence-corrected chi connectivity index (χ2v) is 6.42. The number of aryl methyl sites for hydroxylation is 1. The van der Waals surface area contributed by atoms with Crippen LogP contribution in [0.25, 0.3) is 5.32 Å². The highest BCUT2D eigenvalue weighted by Crippen LogP contribution is 2.24. The Morgan fingerprint density at radius 3 is 2.68 bits per heavy atom. The van der Waals surface area contributed by atoms with Crippen LogP contribution < -0.4 is 10.00 Å². The van der Waals surface area contributed by atoms with Crippen LogP contribution in [0.3, 0.4) is 0 Å². The lowest BCUT2D eigenvalue weighted by Gasteiger charge is -2.23. The van der Waals surface area contributed by atoms with Gasteiger partial charge in [-0.1, -0.05) is 60.6 Å². The molecule has 0 aliphatic heterocycles. The molecular weight excluding hydrogens is 330 g/mol. The van der Waals surface area contributed by atoms with E-state index in [0.29, 0.717) is 11.3 Å². The molecule has 1 aromatic heterocycles. The van der Waals surface area contributed by atoms with Crippen LogP contribution in [0.1, 0.15) is 16.7 Å². The molecule has 0 aliphatic carbocycles. The van der Waals surface area contributed by atoms with Crippen molar-refractivity contribution in [3.8, 4) is 0 Å². The summed E-state index contributed by atoms with van der Waals surface area (Å²) in [5.74, 6) is 0.866. The Balaban J connectivity index is 1.58. The van der Waals surface area contributed by atoms with E-state index < -0.39 is 0 Å². The van der Waals surface area contributed by atoms with Crippen LogP contribution in [0.4, 0.5) is 11.6 Å². The fourth-order valence-corrected chi connectivity index (χ4v) is 2.87. The van der Waals surface area contributed by atoms with Gasteiger partial charge in [0.1, 0.15) is 6.54 Å². The van der Waals surface area contributed by atoms with Gasteiger partial charge in [0.05, 0.1) is 0 Å². The van der Waals surface area contributed by atoms with E-state index in [2.05, 4.69) is 58.8 Å². The van der Waals surface area contributed by atoms with Crippen molar-refractivity contribution in [1.82, 2.24) is 10.1 Å². The number of rotatable bonds is 7. The molecule has 0 bridgehead atoms. The number of aromatic amines is 2. The van der Waals surface area contributed by atoms with Crippen LogP contribution >= 0.6 is 12.2 Å². The molecule has 6 heteroatoms. The van der Waals surface area contributed by atoms with Crippen molar-refractivity contribution < 1.29 is 4.68 Å². The maximum atomic E-state index is 5.23. The van der Waals surface area contributed by atoms with Gasteiger partial charge in [-0.2, -0.15) is 4.68 Å². The topological polar surface area (TPSA) is 61.6 Å². The number of nitrogens with zero attached hydrogens (tertiary/aromatic N) is 2. The van der Waals surface area contributed by atoms with Gasteiger partial charge in [-0.25, -0.2) is 10.1 Å². The van der Waals surface area contributed by atoms with Gasteiger partial charge < -0.3 is 5.32 Å². The molecule has 2 aromatic carbocycles. The van der Waals surface area contributed by atoms with Crippen molar-refractivity contribution in [3.05, 3.63) is 75.3 Å². The summed E-state index contributed by atoms with van der Waals surface area (Å²) in [6.45, 7) is 6.37. The van der Waals surface area contributed by atoms with Gasteiger partial charge in [-0.05, 0) is 37.2 Å². The van der Waals surface area contributed by atoms with Crippen LogP contribution in [-0.4, -0.2) is 23.2 Å². The van der Waals surface area contributed by atoms with Crippen molar-refractivity contribution in [2.24, 2.45) is 0 Å². The molecule has 0 unspecified atom stereocenters. The number of aromatic nitrogens is 3. The van der Waals surface area contributed by atoms with Gasteiger partial charge in [0.25, 0.3) is 4.77 Å². The molecule has 0 amide bonds. The van der Waals surface area contributed by atoms with Crippen molar-refractivity contribution >= 4 is 23.9 Å². The smallest absolute Gasteiger partial charge is 0.375 e. The van der Waals surface area contributed by atoms with Crippen molar-refractivity contribution in [2.75, 3.05) is 18.4 Å². The van der Waals surface area contributed by atoms with E-state index in [1.807, 2.05) is 28.9 Å². The first-order valence-electron chi connectivity index (χ1n) is 8.37. The fourth-order valence-electron chi connectivity index (χ4n) is 2.66. The van der Waals surface area contributed by atoms with Gasteiger partial charge in [0.15, 0.2) is 0 Å². The summed E-state index contributed by atoms with van der Waals surface area (Å²) >= 11 is 5.23. The molecule has 1 heterocycles. The van der Waals surface area contributed by atoms with Crippen molar-refractivity contribution in [1.29, 1.82) is 0 Å². The Morgan fingerprint density at radius 2 is 1.88 bits per heavy atom. The summed E-state index contributed by atoms with van der Waals surface area (Å²) in [4.78, 5) is 3.15. The number of H-pyrrole nitrogens is 2. The second kappa shape index (κ2) is 7.98. The first-order valence-corrected chi connectivity index (χ1v) is 8.78. The molecule has 25 heavy (non-hydrogen) atoms. The normalized spacial score (nSPS) is 10.6. The molecule has 130 valence electrons. The minimum atomic E-state index is 0.602.